The lowest BCUT2D eigenvalue weighted by Crippen LogP contribution is -2.49. The highest BCUT2D eigenvalue weighted by atomic mass is 16.6. The Morgan fingerprint density at radius 1 is 0.788 bits per heavy atom. The van der Waals surface area contributed by atoms with Gasteiger partial charge in [-0.15, -0.1) is 0 Å². The van der Waals surface area contributed by atoms with E-state index >= 15 is 4.79 Å². The summed E-state index contributed by atoms with van der Waals surface area (Å²) in [6.45, 7) is 13.6. The second-order valence-corrected chi connectivity index (χ2v) is 17.8. The Morgan fingerprint density at radius 2 is 1.27 bits per heavy atom. The third-order valence-electron chi connectivity index (χ3n) is 14.1. The molecule has 6 rings (SSSR count). The maximum atomic E-state index is 15.1. The molecule has 0 aromatic heterocycles. The second kappa shape index (κ2) is 13.7. The van der Waals surface area contributed by atoms with Crippen LogP contribution >= 0.6 is 0 Å². The van der Waals surface area contributed by atoms with Crippen molar-refractivity contribution in [2.45, 2.75) is 117 Å². The van der Waals surface area contributed by atoms with E-state index < -0.39 is 52.1 Å². The van der Waals surface area contributed by atoms with Crippen molar-refractivity contribution in [2.24, 2.45) is 52.3 Å². The molecule has 10 heteroatoms. The number of carbonyl (C=O) groups is 3. The molecule has 0 radical (unpaired) electrons. The summed E-state index contributed by atoms with van der Waals surface area (Å²) < 4.78 is 16.7. The van der Waals surface area contributed by atoms with Crippen LogP contribution in [0.15, 0.2) is 45.6 Å². The second-order valence-electron chi connectivity index (χ2n) is 17.8. The van der Waals surface area contributed by atoms with Crippen molar-refractivity contribution in [1.29, 1.82) is 0 Å². The normalized spacial score (nSPS) is 42.3. The van der Waals surface area contributed by atoms with E-state index in [1.165, 1.54) is 7.11 Å². The lowest BCUT2D eigenvalue weighted by atomic mass is 9.58. The van der Waals surface area contributed by atoms with Crippen LogP contribution in [0.5, 0.6) is 0 Å². The number of aliphatic hydroxyl groups is 4. The molecule has 0 unspecified atom stereocenters. The van der Waals surface area contributed by atoms with Gasteiger partial charge in [0.2, 0.25) is 0 Å². The molecule has 2 saturated carbocycles. The highest BCUT2D eigenvalue weighted by Gasteiger charge is 2.61. The predicted octanol–water partition coefficient (Wildman–Crippen LogP) is 4.79. The fraction of sp³-hybridized carbons (Fsp3) is 0.738. The first-order valence-electron chi connectivity index (χ1n) is 19.3. The van der Waals surface area contributed by atoms with Crippen molar-refractivity contribution in [3.8, 4) is 0 Å². The zero-order valence-electron chi connectivity index (χ0n) is 32.5. The van der Waals surface area contributed by atoms with E-state index in [9.17, 15) is 30.0 Å². The average Bonchev–Trinajstić information content (AvgIpc) is 3.60. The minimum absolute atomic E-state index is 0.0246. The van der Waals surface area contributed by atoms with Gasteiger partial charge in [0.25, 0.3) is 0 Å². The van der Waals surface area contributed by atoms with Crippen molar-refractivity contribution < 1.29 is 49.0 Å². The molecule has 11 atom stereocenters. The summed E-state index contributed by atoms with van der Waals surface area (Å²) in [4.78, 5) is 43.5. The van der Waals surface area contributed by atoms with Gasteiger partial charge >= 0.3 is 11.9 Å². The van der Waals surface area contributed by atoms with Gasteiger partial charge in [-0.3, -0.25) is 9.59 Å². The summed E-state index contributed by atoms with van der Waals surface area (Å²) in [5.41, 5.74) is -2.02. The molecule has 0 bridgehead atoms. The van der Waals surface area contributed by atoms with Crippen molar-refractivity contribution >= 4 is 17.7 Å². The smallest absolute Gasteiger partial charge is 0.341 e. The SMILES string of the molecule is COC[C@@]1(O)CC[C@@H]2C1=C[C@@]1(C[C@H]3C(=O)C(C(C)C)=C4C[C@H](O)[C@H](C)[C@@H]5CC[C@](O)(COC)C5=C[C@]43C)C(=O)OC(=O)C(C(C)C)=C1C[C@H](O)[C@@H]2C. The molecule has 0 aromatic rings. The molecular formula is C42H60O10. The predicted molar refractivity (Wildman–Crippen MR) is 193 cm³/mol. The van der Waals surface area contributed by atoms with Gasteiger partial charge in [0.15, 0.2) is 5.78 Å². The summed E-state index contributed by atoms with van der Waals surface area (Å²) in [6, 6.07) is 0. The number of rotatable bonds is 8. The van der Waals surface area contributed by atoms with E-state index in [1.54, 1.807) is 13.2 Å². The topological polar surface area (TPSA) is 160 Å². The molecule has 2 fully saturated rings. The van der Waals surface area contributed by atoms with E-state index in [0.29, 0.717) is 48.0 Å². The summed E-state index contributed by atoms with van der Waals surface area (Å²) >= 11 is 0. The third-order valence-corrected chi connectivity index (χ3v) is 14.1. The number of esters is 2. The first-order valence-corrected chi connectivity index (χ1v) is 19.3. The highest BCUT2D eigenvalue weighted by molar-refractivity contribution is 6.07. The van der Waals surface area contributed by atoms with Crippen LogP contribution in [0.1, 0.15) is 93.4 Å². The van der Waals surface area contributed by atoms with Crippen molar-refractivity contribution in [1.82, 2.24) is 0 Å². The fourth-order valence-corrected chi connectivity index (χ4v) is 11.2. The van der Waals surface area contributed by atoms with Gasteiger partial charge in [0.05, 0.1) is 25.4 Å². The van der Waals surface area contributed by atoms with E-state index in [2.05, 4.69) is 6.08 Å². The van der Waals surface area contributed by atoms with Crippen LogP contribution < -0.4 is 0 Å². The van der Waals surface area contributed by atoms with E-state index in [4.69, 9.17) is 14.2 Å². The number of cyclic esters (lactones) is 2. The number of Topliss-reactive ketones (excluding diaryl/α,β-unsaturated/α-hetero) is 1. The number of aliphatic hydroxyl groups excluding tert-OH is 2. The Kier molecular flexibility index (Phi) is 10.3. The molecule has 0 aromatic carbocycles. The van der Waals surface area contributed by atoms with Gasteiger partial charge in [-0.25, -0.2) is 4.79 Å². The van der Waals surface area contributed by atoms with Crippen LogP contribution in [0.4, 0.5) is 0 Å². The van der Waals surface area contributed by atoms with Gasteiger partial charge in [-0.1, -0.05) is 66.2 Å². The molecule has 4 N–H and O–H groups in total. The van der Waals surface area contributed by atoms with E-state index in [-0.39, 0.29) is 73.8 Å². The molecule has 288 valence electrons. The van der Waals surface area contributed by atoms with Crippen molar-refractivity contribution in [2.75, 3.05) is 27.4 Å². The largest absolute Gasteiger partial charge is 0.392 e. The summed E-state index contributed by atoms with van der Waals surface area (Å²) in [7, 11) is 3.06. The minimum Gasteiger partial charge on any atom is -0.392 e. The van der Waals surface area contributed by atoms with Crippen molar-refractivity contribution in [3.63, 3.8) is 0 Å². The Morgan fingerprint density at radius 3 is 1.75 bits per heavy atom. The highest BCUT2D eigenvalue weighted by Crippen LogP contribution is 2.62. The van der Waals surface area contributed by atoms with Gasteiger partial charge < -0.3 is 34.6 Å². The third kappa shape index (κ3) is 5.86. The molecule has 6 aliphatic rings. The van der Waals surface area contributed by atoms with E-state index in [0.717, 1.165) is 11.1 Å². The fourth-order valence-electron chi connectivity index (χ4n) is 11.2. The Hall–Kier alpha value is -2.47. The number of hydrogen-bond acceptors (Lipinski definition) is 10. The van der Waals surface area contributed by atoms with E-state index in [1.807, 2.05) is 48.5 Å². The van der Waals surface area contributed by atoms with Crippen LogP contribution in [0.25, 0.3) is 0 Å². The zero-order chi connectivity index (χ0) is 38.3. The number of hydrogen-bond donors (Lipinski definition) is 4. The molecule has 0 saturated heterocycles. The van der Waals surface area contributed by atoms with Gasteiger partial charge in [-0.2, -0.15) is 0 Å². The molecule has 5 aliphatic carbocycles. The first kappa shape index (κ1) is 39.2. The number of carbonyl (C=O) groups excluding carboxylic acids is 3. The molecule has 1 heterocycles. The van der Waals surface area contributed by atoms with Crippen LogP contribution in [-0.2, 0) is 28.6 Å². The molecule has 0 amide bonds. The van der Waals surface area contributed by atoms with Crippen molar-refractivity contribution in [3.05, 3.63) is 45.6 Å². The standard InChI is InChI=1S/C42H60O10/c1-21(2)34-27-14-32(43)23(5)25-10-12-41(48,19-50-8)29(25)16-39(27,7)31(36(34)45)18-40-17-30-26(11-13-42(30,49)20-51-9)24(6)33(44)15-28(40)35(22(3)4)37(46)52-38(40)47/h16-17,21-26,31-33,43-44,48-49H,10-15,18-20H2,1-9H3/t23-,24-,25+,26+,31+,32+,33+,39-,40+,41+,42+/m1/s1. The number of ketones is 1. The average molecular weight is 725 g/mol. The van der Waals surface area contributed by atoms with Crippen LogP contribution in [0, 0.1) is 52.3 Å². The maximum absolute atomic E-state index is 15.1. The van der Waals surface area contributed by atoms with Crippen LogP contribution in [0.3, 0.4) is 0 Å². The molecular weight excluding hydrogens is 664 g/mol. The molecule has 0 spiro atoms. The molecule has 52 heavy (non-hydrogen) atoms. The first-order chi connectivity index (χ1) is 24.3. The number of methoxy groups -OCH3 is 2. The summed E-state index contributed by atoms with van der Waals surface area (Å²) in [6.07, 6.45) is 4.33. The van der Waals surface area contributed by atoms with Gasteiger partial charge in [0, 0.05) is 31.1 Å². The number of allylic oxidation sites excluding steroid dienone is 2. The van der Waals surface area contributed by atoms with Crippen LogP contribution in [-0.4, -0.2) is 89.0 Å². The zero-order valence-corrected chi connectivity index (χ0v) is 32.5. The maximum Gasteiger partial charge on any atom is 0.341 e. The lowest BCUT2D eigenvalue weighted by molar-refractivity contribution is -0.165. The Balaban J connectivity index is 1.66. The molecule has 1 aliphatic heterocycles. The Labute approximate surface area is 308 Å². The quantitative estimate of drug-likeness (QED) is 0.156. The monoisotopic (exact) mass is 724 g/mol. The van der Waals surface area contributed by atoms with Crippen LogP contribution in [0.2, 0.25) is 0 Å². The summed E-state index contributed by atoms with van der Waals surface area (Å²) in [5.74, 6) is -4.08. The van der Waals surface area contributed by atoms with Gasteiger partial charge in [0.1, 0.15) is 16.6 Å². The number of fused-ring (bicyclic) bond motifs is 4. The number of ether oxygens (including phenoxy) is 3. The lowest BCUT2D eigenvalue weighted by Gasteiger charge is -2.46. The molecule has 10 nitrogen and oxygen atoms in total. The minimum atomic E-state index is -1.68. The Bertz CT molecular complexity index is 1630. The van der Waals surface area contributed by atoms with Gasteiger partial charge in [-0.05, 0) is 103 Å². The summed E-state index contributed by atoms with van der Waals surface area (Å²) in [5, 5.41) is 47.9.